The Morgan fingerprint density at radius 2 is 1.89 bits per heavy atom. The van der Waals surface area contributed by atoms with Crippen molar-refractivity contribution in [3.63, 3.8) is 0 Å². The summed E-state index contributed by atoms with van der Waals surface area (Å²) in [5.41, 5.74) is 0.566. The first kappa shape index (κ1) is 14.5. The van der Waals surface area contributed by atoms with Gasteiger partial charge in [-0.3, -0.25) is 4.79 Å². The molecule has 4 heteroatoms. The molecule has 1 rings (SSSR count). The van der Waals surface area contributed by atoms with Crippen LogP contribution in [0.4, 0.5) is 0 Å². The molecule has 18 heavy (non-hydrogen) atoms. The summed E-state index contributed by atoms with van der Waals surface area (Å²) in [4.78, 5) is 23.7. The number of esters is 1. The summed E-state index contributed by atoms with van der Waals surface area (Å²) in [6.07, 6.45) is 3.47. The number of ether oxygens (including phenoxy) is 1. The number of thioether (sulfide) groups is 1. The van der Waals surface area contributed by atoms with Crippen molar-refractivity contribution < 1.29 is 14.3 Å². The lowest BCUT2D eigenvalue weighted by atomic mass is 10.1. The molecule has 0 bridgehead atoms. The molecule has 0 aliphatic heterocycles. The fourth-order valence-corrected chi connectivity index (χ4v) is 2.01. The number of hydrogen-bond acceptors (Lipinski definition) is 4. The number of allylic oxidation sites excluding steroid dienone is 1. The Bertz CT molecular complexity index is 435. The summed E-state index contributed by atoms with van der Waals surface area (Å²) in [6.45, 7) is 2.13. The third-order valence-electron chi connectivity index (χ3n) is 2.18. The van der Waals surface area contributed by atoms with E-state index in [4.69, 9.17) is 0 Å². The average molecular weight is 264 g/mol. The molecule has 0 unspecified atom stereocenters. The first-order valence-electron chi connectivity index (χ1n) is 5.70. The normalized spacial score (nSPS) is 10.6. The number of carbonyl (C=O) groups is 2. The van der Waals surface area contributed by atoms with Gasteiger partial charge in [0.25, 0.3) is 0 Å². The molecule has 0 fully saturated rings. The molecule has 0 aromatic heterocycles. The molecule has 0 aliphatic carbocycles. The Morgan fingerprint density at radius 1 is 1.22 bits per heavy atom. The van der Waals surface area contributed by atoms with Gasteiger partial charge in [0.15, 0.2) is 5.78 Å². The van der Waals surface area contributed by atoms with E-state index in [1.807, 2.05) is 12.1 Å². The standard InChI is InChI=1S/C14H16O3S/c1-3-10-18-12-6-4-11(5-7-12)13(15)8-9-14(16)17-2/h4-9H,3,10H2,1-2H3/b9-8+. The smallest absolute Gasteiger partial charge is 0.330 e. The van der Waals surface area contributed by atoms with Crippen LogP contribution in [-0.4, -0.2) is 24.6 Å². The maximum Gasteiger partial charge on any atom is 0.330 e. The van der Waals surface area contributed by atoms with Gasteiger partial charge in [-0.25, -0.2) is 4.79 Å². The van der Waals surface area contributed by atoms with Crippen molar-refractivity contribution in [3.8, 4) is 0 Å². The molecule has 96 valence electrons. The zero-order valence-corrected chi connectivity index (χ0v) is 11.3. The van der Waals surface area contributed by atoms with Crippen LogP contribution in [0.3, 0.4) is 0 Å². The summed E-state index contributed by atoms with van der Waals surface area (Å²) in [5, 5.41) is 0. The van der Waals surface area contributed by atoms with E-state index in [9.17, 15) is 9.59 Å². The van der Waals surface area contributed by atoms with E-state index < -0.39 is 5.97 Å². The van der Waals surface area contributed by atoms with Gasteiger partial charge in [-0.15, -0.1) is 11.8 Å². The van der Waals surface area contributed by atoms with Crippen LogP contribution in [-0.2, 0) is 9.53 Å². The molecule has 0 amide bonds. The minimum atomic E-state index is -0.529. The molecule has 0 saturated carbocycles. The van der Waals surface area contributed by atoms with Crippen molar-refractivity contribution in [1.29, 1.82) is 0 Å². The number of carbonyl (C=O) groups excluding carboxylic acids is 2. The van der Waals surface area contributed by atoms with Crippen LogP contribution in [0.15, 0.2) is 41.3 Å². The Balaban J connectivity index is 2.64. The van der Waals surface area contributed by atoms with Crippen LogP contribution in [0.5, 0.6) is 0 Å². The van der Waals surface area contributed by atoms with Crippen molar-refractivity contribution in [3.05, 3.63) is 42.0 Å². The van der Waals surface area contributed by atoms with Gasteiger partial charge in [0, 0.05) is 16.5 Å². The monoisotopic (exact) mass is 264 g/mol. The van der Waals surface area contributed by atoms with Gasteiger partial charge in [0.2, 0.25) is 0 Å². The molecule has 0 atom stereocenters. The van der Waals surface area contributed by atoms with Crippen LogP contribution in [0.1, 0.15) is 23.7 Å². The van der Waals surface area contributed by atoms with Gasteiger partial charge in [-0.05, 0) is 42.5 Å². The van der Waals surface area contributed by atoms with E-state index in [0.717, 1.165) is 23.1 Å². The third-order valence-corrected chi connectivity index (χ3v) is 3.40. The Morgan fingerprint density at radius 3 is 2.44 bits per heavy atom. The fourth-order valence-electron chi connectivity index (χ4n) is 1.24. The van der Waals surface area contributed by atoms with Crippen LogP contribution in [0, 0.1) is 0 Å². The zero-order chi connectivity index (χ0) is 13.4. The fraction of sp³-hybridized carbons (Fsp3) is 0.286. The number of hydrogen-bond donors (Lipinski definition) is 0. The maximum absolute atomic E-state index is 11.7. The van der Waals surface area contributed by atoms with Crippen LogP contribution in [0.2, 0.25) is 0 Å². The number of rotatable bonds is 6. The molecule has 0 N–H and O–H groups in total. The lowest BCUT2D eigenvalue weighted by molar-refractivity contribution is -0.134. The van der Waals surface area contributed by atoms with E-state index in [-0.39, 0.29) is 5.78 Å². The summed E-state index contributed by atoms with van der Waals surface area (Å²) >= 11 is 1.76. The molecule has 3 nitrogen and oxygen atoms in total. The molecular formula is C14H16O3S. The second-order valence-corrected chi connectivity index (χ2v) is 4.76. The van der Waals surface area contributed by atoms with Gasteiger partial charge in [-0.2, -0.15) is 0 Å². The number of benzene rings is 1. The summed E-state index contributed by atoms with van der Waals surface area (Å²) in [7, 11) is 1.27. The molecule has 0 saturated heterocycles. The van der Waals surface area contributed by atoms with Crippen molar-refractivity contribution >= 4 is 23.5 Å². The van der Waals surface area contributed by atoms with E-state index in [0.29, 0.717) is 5.56 Å². The summed E-state index contributed by atoms with van der Waals surface area (Å²) in [6, 6.07) is 7.36. The van der Waals surface area contributed by atoms with E-state index in [2.05, 4.69) is 11.7 Å². The van der Waals surface area contributed by atoms with Crippen molar-refractivity contribution in [2.45, 2.75) is 18.2 Å². The van der Waals surface area contributed by atoms with Crippen molar-refractivity contribution in [2.75, 3.05) is 12.9 Å². The Labute approximate surface area is 111 Å². The third kappa shape index (κ3) is 4.75. The largest absolute Gasteiger partial charge is 0.466 e. The molecule has 1 aromatic carbocycles. The molecule has 0 spiro atoms. The highest BCUT2D eigenvalue weighted by Gasteiger charge is 2.03. The highest BCUT2D eigenvalue weighted by atomic mass is 32.2. The molecule has 0 aliphatic rings. The minimum absolute atomic E-state index is 0.201. The Kier molecular flexibility index (Phi) is 6.22. The summed E-state index contributed by atoms with van der Waals surface area (Å²) in [5.74, 6) is 0.334. The van der Waals surface area contributed by atoms with Gasteiger partial charge < -0.3 is 4.74 Å². The predicted octanol–water partition coefficient (Wildman–Crippen LogP) is 3.10. The first-order valence-corrected chi connectivity index (χ1v) is 6.69. The van der Waals surface area contributed by atoms with Gasteiger partial charge in [0.05, 0.1) is 7.11 Å². The van der Waals surface area contributed by atoms with E-state index in [1.165, 1.54) is 13.2 Å². The molecule has 1 aromatic rings. The molecule has 0 radical (unpaired) electrons. The quantitative estimate of drug-likeness (QED) is 0.343. The van der Waals surface area contributed by atoms with Crippen LogP contribution < -0.4 is 0 Å². The number of methoxy groups -OCH3 is 1. The van der Waals surface area contributed by atoms with E-state index >= 15 is 0 Å². The van der Waals surface area contributed by atoms with Crippen LogP contribution in [0.25, 0.3) is 0 Å². The molecule has 0 heterocycles. The van der Waals surface area contributed by atoms with Crippen LogP contribution >= 0.6 is 11.8 Å². The SMILES string of the molecule is CCCSc1ccc(C(=O)/C=C/C(=O)OC)cc1. The molecular weight excluding hydrogens is 248 g/mol. The lowest BCUT2D eigenvalue weighted by Crippen LogP contribution is -1.98. The van der Waals surface area contributed by atoms with Crippen molar-refractivity contribution in [1.82, 2.24) is 0 Å². The average Bonchev–Trinajstić information content (AvgIpc) is 2.42. The second kappa shape index (κ2) is 7.71. The minimum Gasteiger partial charge on any atom is -0.466 e. The highest BCUT2D eigenvalue weighted by Crippen LogP contribution is 2.19. The lowest BCUT2D eigenvalue weighted by Gasteiger charge is -2.00. The number of ketones is 1. The van der Waals surface area contributed by atoms with Gasteiger partial charge in [-0.1, -0.05) is 6.92 Å². The maximum atomic E-state index is 11.7. The zero-order valence-electron chi connectivity index (χ0n) is 10.5. The highest BCUT2D eigenvalue weighted by molar-refractivity contribution is 7.99. The van der Waals surface area contributed by atoms with Gasteiger partial charge in [0.1, 0.15) is 0 Å². The topological polar surface area (TPSA) is 43.4 Å². The van der Waals surface area contributed by atoms with Crippen molar-refractivity contribution in [2.24, 2.45) is 0 Å². The Hall–Kier alpha value is -1.55. The summed E-state index contributed by atoms with van der Waals surface area (Å²) < 4.78 is 4.42. The second-order valence-electron chi connectivity index (χ2n) is 3.59. The van der Waals surface area contributed by atoms with Gasteiger partial charge >= 0.3 is 5.97 Å². The van der Waals surface area contributed by atoms with E-state index in [1.54, 1.807) is 23.9 Å². The first-order chi connectivity index (χ1) is 8.67. The predicted molar refractivity (Wildman–Crippen MR) is 72.9 cm³/mol.